The summed E-state index contributed by atoms with van der Waals surface area (Å²) in [5.41, 5.74) is 23.5. The highest BCUT2D eigenvalue weighted by Crippen LogP contribution is 2.19. The monoisotopic (exact) mass is 603 g/mol. The Balaban J connectivity index is 2.18. The van der Waals surface area contributed by atoms with Crippen LogP contribution in [0.15, 0.2) is 35.5 Å². The van der Waals surface area contributed by atoms with Gasteiger partial charge in [0, 0.05) is 30.1 Å². The van der Waals surface area contributed by atoms with Gasteiger partial charge in [-0.05, 0) is 43.9 Å². The van der Waals surface area contributed by atoms with Crippen molar-refractivity contribution >= 4 is 46.5 Å². The first kappa shape index (κ1) is 34.5. The molecule has 0 saturated carbocycles. The number of H-pyrrole nitrogens is 1. The van der Waals surface area contributed by atoms with Gasteiger partial charge in [0.2, 0.25) is 17.7 Å². The van der Waals surface area contributed by atoms with Crippen LogP contribution in [0.1, 0.15) is 44.1 Å². The van der Waals surface area contributed by atoms with E-state index in [1.165, 1.54) is 0 Å². The number of aliphatic imine (C=N–C) groups is 1. The maximum absolute atomic E-state index is 13.2. The SMILES string of the molecule is NCCCCC(N)C(=O)NC(CCCN=C(N)N)C(=O)NC(CC(=O)O)C(=O)NC(Cc1c[nH]c2ccccc12)C(=O)O. The number of guanidine groups is 1. The Bertz CT molecular complexity index is 1290. The molecule has 0 fully saturated rings. The summed E-state index contributed by atoms with van der Waals surface area (Å²) in [4.78, 5) is 69.5. The number of unbranched alkanes of at least 4 members (excludes halogenated alkanes) is 1. The van der Waals surface area contributed by atoms with Gasteiger partial charge in [0.05, 0.1) is 12.5 Å². The number of aromatic nitrogens is 1. The molecule has 43 heavy (non-hydrogen) atoms. The van der Waals surface area contributed by atoms with Crippen LogP contribution in [0, 0.1) is 0 Å². The number of carbonyl (C=O) groups excluding carboxylic acids is 3. The van der Waals surface area contributed by atoms with Crippen molar-refractivity contribution in [2.45, 2.75) is 69.1 Å². The number of fused-ring (bicyclic) bond motifs is 1. The molecule has 0 aliphatic heterocycles. The molecular formula is C27H41N9O7. The smallest absolute Gasteiger partial charge is 0.326 e. The standard InChI is InChI=1S/C27H41N9O7/c28-10-4-3-7-17(29)23(39)34-19(9-5-11-32-27(30)31)24(40)35-20(13-22(37)38)25(41)36-21(26(42)43)12-15-14-33-18-8-2-1-6-16(15)18/h1-2,6,8,14,17,19-21,33H,3-5,7,9-13,28-29H2,(H,34,39)(H,35,40)(H,36,41)(H,37,38)(H,42,43)(H4,30,31,32). The highest BCUT2D eigenvalue weighted by molar-refractivity contribution is 5.96. The predicted molar refractivity (Wildman–Crippen MR) is 158 cm³/mol. The summed E-state index contributed by atoms with van der Waals surface area (Å²) in [6.07, 6.45) is 2.53. The molecule has 236 valence electrons. The van der Waals surface area contributed by atoms with Crippen LogP contribution < -0.4 is 38.9 Å². The Labute approximate surface area is 248 Å². The maximum atomic E-state index is 13.2. The van der Waals surface area contributed by atoms with E-state index in [0.717, 1.165) is 10.9 Å². The quantitative estimate of drug-likeness (QED) is 0.0487. The van der Waals surface area contributed by atoms with E-state index in [4.69, 9.17) is 22.9 Å². The number of carboxylic acid groups (broad SMARTS) is 2. The van der Waals surface area contributed by atoms with E-state index in [1.807, 2.05) is 12.1 Å². The van der Waals surface area contributed by atoms with Crippen LogP contribution in [-0.2, 0) is 30.4 Å². The van der Waals surface area contributed by atoms with Crippen LogP contribution >= 0.6 is 0 Å². The minimum absolute atomic E-state index is 0.0313. The van der Waals surface area contributed by atoms with E-state index in [9.17, 15) is 34.2 Å². The second-order valence-electron chi connectivity index (χ2n) is 10.0. The number of hydrogen-bond acceptors (Lipinski definition) is 8. The van der Waals surface area contributed by atoms with Gasteiger partial charge < -0.3 is 54.1 Å². The minimum atomic E-state index is -1.65. The minimum Gasteiger partial charge on any atom is -0.481 e. The molecule has 1 aromatic heterocycles. The lowest BCUT2D eigenvalue weighted by molar-refractivity contribution is -0.143. The van der Waals surface area contributed by atoms with E-state index in [0.29, 0.717) is 31.4 Å². The lowest BCUT2D eigenvalue weighted by Crippen LogP contribution is -2.57. The largest absolute Gasteiger partial charge is 0.481 e. The van der Waals surface area contributed by atoms with Crippen LogP contribution in [0.5, 0.6) is 0 Å². The first-order valence-electron chi connectivity index (χ1n) is 13.8. The van der Waals surface area contributed by atoms with E-state index in [2.05, 4.69) is 25.9 Å². The van der Waals surface area contributed by atoms with Crippen LogP contribution in [0.2, 0.25) is 0 Å². The molecule has 0 bridgehead atoms. The number of aromatic amines is 1. The molecule has 4 atom stereocenters. The summed E-state index contributed by atoms with van der Waals surface area (Å²) < 4.78 is 0. The number of para-hydroxylation sites is 1. The number of carboxylic acids is 2. The van der Waals surface area contributed by atoms with Crippen molar-refractivity contribution in [1.29, 1.82) is 0 Å². The topological polar surface area (TPSA) is 294 Å². The van der Waals surface area contributed by atoms with Gasteiger partial charge in [-0.2, -0.15) is 0 Å². The summed E-state index contributed by atoms with van der Waals surface area (Å²) in [5, 5.41) is 27.2. The Morgan fingerprint density at radius 2 is 1.51 bits per heavy atom. The fourth-order valence-corrected chi connectivity index (χ4v) is 4.34. The van der Waals surface area contributed by atoms with Gasteiger partial charge in [0.25, 0.3) is 0 Å². The lowest BCUT2D eigenvalue weighted by Gasteiger charge is -2.24. The van der Waals surface area contributed by atoms with Gasteiger partial charge in [-0.3, -0.25) is 24.2 Å². The molecule has 2 aromatic rings. The van der Waals surface area contributed by atoms with E-state index in [-0.39, 0.29) is 31.8 Å². The molecule has 16 heteroatoms. The average molecular weight is 604 g/mol. The van der Waals surface area contributed by atoms with Crippen molar-refractivity contribution in [3.63, 3.8) is 0 Å². The number of hydrogen-bond donors (Lipinski definition) is 10. The van der Waals surface area contributed by atoms with Crippen molar-refractivity contribution in [1.82, 2.24) is 20.9 Å². The van der Waals surface area contributed by atoms with Crippen molar-refractivity contribution in [2.75, 3.05) is 13.1 Å². The first-order chi connectivity index (χ1) is 20.4. The zero-order chi connectivity index (χ0) is 31.9. The molecule has 14 N–H and O–H groups in total. The summed E-state index contributed by atoms with van der Waals surface area (Å²) in [5.74, 6) is -5.44. The molecule has 0 saturated heterocycles. The molecule has 0 radical (unpaired) electrons. The second-order valence-corrected chi connectivity index (χ2v) is 10.0. The molecule has 2 rings (SSSR count). The Morgan fingerprint density at radius 1 is 0.860 bits per heavy atom. The van der Waals surface area contributed by atoms with E-state index < -0.39 is 60.2 Å². The molecule has 1 heterocycles. The summed E-state index contributed by atoms with van der Waals surface area (Å²) >= 11 is 0. The zero-order valence-electron chi connectivity index (χ0n) is 23.8. The Kier molecular flexibility index (Phi) is 13.9. The number of nitrogens with two attached hydrogens (primary N) is 4. The molecule has 0 aliphatic carbocycles. The Morgan fingerprint density at radius 3 is 2.16 bits per heavy atom. The molecular weight excluding hydrogens is 562 g/mol. The highest BCUT2D eigenvalue weighted by Gasteiger charge is 2.32. The fraction of sp³-hybridized carbons (Fsp3) is 0.481. The third kappa shape index (κ3) is 11.6. The van der Waals surface area contributed by atoms with Gasteiger partial charge in [-0.1, -0.05) is 24.6 Å². The Hall–Kier alpha value is -4.70. The number of nitrogens with zero attached hydrogens (tertiary/aromatic N) is 1. The number of benzene rings is 1. The van der Waals surface area contributed by atoms with Crippen molar-refractivity contribution in [3.8, 4) is 0 Å². The van der Waals surface area contributed by atoms with Gasteiger partial charge in [0.1, 0.15) is 18.1 Å². The van der Waals surface area contributed by atoms with Crippen molar-refractivity contribution < 1.29 is 34.2 Å². The lowest BCUT2D eigenvalue weighted by atomic mass is 10.0. The molecule has 0 aliphatic rings. The van der Waals surface area contributed by atoms with E-state index >= 15 is 0 Å². The third-order valence-electron chi connectivity index (χ3n) is 6.61. The molecule has 0 spiro atoms. The summed E-state index contributed by atoms with van der Waals surface area (Å²) in [7, 11) is 0. The molecule has 3 amide bonds. The van der Waals surface area contributed by atoms with Crippen LogP contribution in [0.4, 0.5) is 0 Å². The van der Waals surface area contributed by atoms with Gasteiger partial charge in [-0.25, -0.2) is 4.79 Å². The highest BCUT2D eigenvalue weighted by atomic mass is 16.4. The van der Waals surface area contributed by atoms with Crippen molar-refractivity contribution in [3.05, 3.63) is 36.0 Å². The van der Waals surface area contributed by atoms with Crippen LogP contribution in [0.3, 0.4) is 0 Å². The van der Waals surface area contributed by atoms with Crippen molar-refractivity contribution in [2.24, 2.45) is 27.9 Å². The second kappa shape index (κ2) is 17.3. The number of rotatable bonds is 19. The van der Waals surface area contributed by atoms with Crippen LogP contribution in [-0.4, -0.2) is 88.1 Å². The first-order valence-corrected chi connectivity index (χ1v) is 13.8. The summed E-state index contributed by atoms with van der Waals surface area (Å²) in [6, 6.07) is 1.97. The van der Waals surface area contributed by atoms with Gasteiger partial charge in [0.15, 0.2) is 5.96 Å². The zero-order valence-corrected chi connectivity index (χ0v) is 23.8. The van der Waals surface area contributed by atoms with Gasteiger partial charge in [-0.15, -0.1) is 0 Å². The third-order valence-corrected chi connectivity index (χ3v) is 6.61. The molecule has 1 aromatic carbocycles. The number of carbonyl (C=O) groups is 5. The molecule has 16 nitrogen and oxygen atoms in total. The maximum Gasteiger partial charge on any atom is 0.326 e. The number of amides is 3. The predicted octanol–water partition coefficient (Wildman–Crippen LogP) is -1.77. The normalized spacial score (nSPS) is 13.7. The average Bonchev–Trinajstić information content (AvgIpc) is 3.36. The summed E-state index contributed by atoms with van der Waals surface area (Å²) in [6.45, 7) is 0.569. The van der Waals surface area contributed by atoms with Gasteiger partial charge >= 0.3 is 11.9 Å². The van der Waals surface area contributed by atoms with Crippen LogP contribution in [0.25, 0.3) is 10.9 Å². The number of nitrogens with one attached hydrogen (secondary N) is 4. The number of aliphatic carboxylic acids is 2. The fourth-order valence-electron chi connectivity index (χ4n) is 4.34. The van der Waals surface area contributed by atoms with E-state index in [1.54, 1.807) is 18.3 Å². The molecule has 4 unspecified atom stereocenters.